The second kappa shape index (κ2) is 5.55. The second-order valence-corrected chi connectivity index (χ2v) is 5.17. The van der Waals surface area contributed by atoms with Crippen LogP contribution in [0.3, 0.4) is 0 Å². The van der Waals surface area contributed by atoms with Gasteiger partial charge in [-0.3, -0.25) is 0 Å². The first kappa shape index (κ1) is 13.0. The fourth-order valence-electron chi connectivity index (χ4n) is 2.36. The topological polar surface area (TPSA) is 29.9 Å². The van der Waals surface area contributed by atoms with Crippen LogP contribution in [0.2, 0.25) is 5.02 Å². The zero-order valence-corrected chi connectivity index (χ0v) is 12.1. The molecule has 0 aliphatic heterocycles. The van der Waals surface area contributed by atoms with Gasteiger partial charge in [0.2, 0.25) is 0 Å². The highest BCUT2D eigenvalue weighted by molar-refractivity contribution is 6.30. The lowest BCUT2D eigenvalue weighted by Crippen LogP contribution is -2.11. The van der Waals surface area contributed by atoms with Crippen molar-refractivity contribution in [3.05, 3.63) is 59.4 Å². The number of nitrogens with one attached hydrogen (secondary N) is 1. The highest BCUT2D eigenvalue weighted by atomic mass is 35.5. The summed E-state index contributed by atoms with van der Waals surface area (Å²) in [6.07, 6.45) is 0. The van der Waals surface area contributed by atoms with Crippen LogP contribution in [0.25, 0.3) is 11.0 Å². The van der Waals surface area contributed by atoms with Gasteiger partial charge in [0, 0.05) is 23.8 Å². The summed E-state index contributed by atoms with van der Waals surface area (Å²) in [7, 11) is 0. The van der Waals surface area contributed by atoms with Gasteiger partial charge >= 0.3 is 0 Å². The molecule has 0 fully saturated rings. The quantitative estimate of drug-likeness (QED) is 0.782. The Balaban J connectivity index is 1.71. The van der Waals surface area contributed by atoms with Gasteiger partial charge in [0.25, 0.3) is 0 Å². The van der Waals surface area contributed by atoms with E-state index in [1.807, 2.05) is 49.4 Å². The molecule has 0 saturated carbocycles. The number of fused-ring (bicyclic) bond motifs is 1. The summed E-state index contributed by atoms with van der Waals surface area (Å²) in [5, 5.41) is 4.15. The monoisotopic (exact) mass is 285 g/mol. The number of imidazole rings is 1. The van der Waals surface area contributed by atoms with Crippen LogP contribution in [0.1, 0.15) is 5.82 Å². The molecule has 0 aliphatic rings. The highest BCUT2D eigenvalue weighted by Crippen LogP contribution is 2.16. The van der Waals surface area contributed by atoms with E-state index in [1.165, 1.54) is 5.52 Å². The van der Waals surface area contributed by atoms with Gasteiger partial charge in [-0.15, -0.1) is 0 Å². The van der Waals surface area contributed by atoms with Crippen LogP contribution in [0.4, 0.5) is 5.69 Å². The SMILES string of the molecule is Cc1nc2ccccc2n1CCNc1ccc(Cl)cc1. The zero-order valence-electron chi connectivity index (χ0n) is 11.3. The van der Waals surface area contributed by atoms with E-state index in [2.05, 4.69) is 20.9 Å². The van der Waals surface area contributed by atoms with Gasteiger partial charge in [-0.25, -0.2) is 4.98 Å². The normalized spacial score (nSPS) is 10.9. The van der Waals surface area contributed by atoms with Gasteiger partial charge in [-0.05, 0) is 43.3 Å². The molecule has 4 heteroatoms. The maximum atomic E-state index is 5.87. The zero-order chi connectivity index (χ0) is 13.9. The van der Waals surface area contributed by atoms with E-state index < -0.39 is 0 Å². The summed E-state index contributed by atoms with van der Waals surface area (Å²) in [6, 6.07) is 16.0. The minimum atomic E-state index is 0.756. The van der Waals surface area contributed by atoms with Crippen LogP contribution in [-0.4, -0.2) is 16.1 Å². The van der Waals surface area contributed by atoms with Crippen LogP contribution in [-0.2, 0) is 6.54 Å². The summed E-state index contributed by atoms with van der Waals surface area (Å²) in [5.41, 5.74) is 3.32. The molecule has 0 amide bonds. The Hall–Kier alpha value is -2.00. The number of nitrogens with zero attached hydrogens (tertiary/aromatic N) is 2. The number of hydrogen-bond acceptors (Lipinski definition) is 2. The molecule has 0 saturated heterocycles. The molecule has 0 spiro atoms. The number of halogens is 1. The van der Waals surface area contributed by atoms with E-state index in [9.17, 15) is 0 Å². The Morgan fingerprint density at radius 3 is 2.65 bits per heavy atom. The Morgan fingerprint density at radius 2 is 1.85 bits per heavy atom. The molecular formula is C16H16ClN3. The maximum Gasteiger partial charge on any atom is 0.106 e. The van der Waals surface area contributed by atoms with E-state index in [0.717, 1.165) is 35.1 Å². The number of para-hydroxylation sites is 2. The van der Waals surface area contributed by atoms with Crippen molar-refractivity contribution in [2.45, 2.75) is 13.5 Å². The molecule has 1 aromatic heterocycles. The van der Waals surface area contributed by atoms with E-state index in [4.69, 9.17) is 11.6 Å². The number of anilines is 1. The third-order valence-electron chi connectivity index (χ3n) is 3.35. The minimum absolute atomic E-state index is 0.756. The molecule has 0 bridgehead atoms. The summed E-state index contributed by atoms with van der Waals surface area (Å²) in [5.74, 6) is 1.05. The first-order valence-electron chi connectivity index (χ1n) is 6.65. The fourth-order valence-corrected chi connectivity index (χ4v) is 2.48. The summed E-state index contributed by atoms with van der Waals surface area (Å²) in [4.78, 5) is 4.57. The van der Waals surface area contributed by atoms with Crippen molar-refractivity contribution in [3.8, 4) is 0 Å². The molecule has 0 atom stereocenters. The number of rotatable bonds is 4. The summed E-state index contributed by atoms with van der Waals surface area (Å²) in [6.45, 7) is 3.78. The van der Waals surface area contributed by atoms with Crippen LogP contribution < -0.4 is 5.32 Å². The van der Waals surface area contributed by atoms with Gasteiger partial charge in [0.1, 0.15) is 5.82 Å². The third kappa shape index (κ3) is 2.63. The van der Waals surface area contributed by atoms with Crippen LogP contribution in [0.15, 0.2) is 48.5 Å². The van der Waals surface area contributed by atoms with Crippen molar-refractivity contribution < 1.29 is 0 Å². The minimum Gasteiger partial charge on any atom is -0.383 e. The van der Waals surface area contributed by atoms with Crippen molar-refractivity contribution in [1.29, 1.82) is 0 Å². The van der Waals surface area contributed by atoms with Gasteiger partial charge < -0.3 is 9.88 Å². The first-order chi connectivity index (χ1) is 9.74. The Bertz CT molecular complexity index is 716. The lowest BCUT2D eigenvalue weighted by Gasteiger charge is -2.09. The molecule has 102 valence electrons. The average Bonchev–Trinajstić information content (AvgIpc) is 2.77. The lowest BCUT2D eigenvalue weighted by atomic mass is 10.3. The maximum absolute atomic E-state index is 5.87. The Kier molecular flexibility index (Phi) is 3.61. The molecule has 3 nitrogen and oxygen atoms in total. The van der Waals surface area contributed by atoms with E-state index >= 15 is 0 Å². The molecule has 3 rings (SSSR count). The summed E-state index contributed by atoms with van der Waals surface area (Å²) >= 11 is 5.87. The molecule has 2 aromatic carbocycles. The Morgan fingerprint density at radius 1 is 1.10 bits per heavy atom. The van der Waals surface area contributed by atoms with Crippen LogP contribution >= 0.6 is 11.6 Å². The van der Waals surface area contributed by atoms with Crippen molar-refractivity contribution >= 4 is 28.3 Å². The van der Waals surface area contributed by atoms with Crippen molar-refractivity contribution in [2.24, 2.45) is 0 Å². The van der Waals surface area contributed by atoms with Gasteiger partial charge in [0.05, 0.1) is 11.0 Å². The van der Waals surface area contributed by atoms with Crippen molar-refractivity contribution in [3.63, 3.8) is 0 Å². The molecule has 3 aromatic rings. The molecule has 1 N–H and O–H groups in total. The molecular weight excluding hydrogens is 270 g/mol. The van der Waals surface area contributed by atoms with Gasteiger partial charge in [0.15, 0.2) is 0 Å². The third-order valence-corrected chi connectivity index (χ3v) is 3.61. The van der Waals surface area contributed by atoms with E-state index in [0.29, 0.717) is 0 Å². The average molecular weight is 286 g/mol. The predicted octanol–water partition coefficient (Wildman–Crippen LogP) is 4.11. The standard InChI is InChI=1S/C16H16ClN3/c1-12-19-15-4-2-3-5-16(15)20(12)11-10-18-14-8-6-13(17)7-9-14/h2-9,18H,10-11H2,1H3. The lowest BCUT2D eigenvalue weighted by molar-refractivity contribution is 0.721. The fraction of sp³-hybridized carbons (Fsp3) is 0.188. The number of aromatic nitrogens is 2. The number of hydrogen-bond donors (Lipinski definition) is 1. The second-order valence-electron chi connectivity index (χ2n) is 4.73. The first-order valence-corrected chi connectivity index (χ1v) is 7.03. The molecule has 0 aliphatic carbocycles. The number of benzene rings is 2. The largest absolute Gasteiger partial charge is 0.383 e. The van der Waals surface area contributed by atoms with E-state index in [-0.39, 0.29) is 0 Å². The highest BCUT2D eigenvalue weighted by Gasteiger charge is 2.05. The van der Waals surface area contributed by atoms with Crippen LogP contribution in [0, 0.1) is 6.92 Å². The van der Waals surface area contributed by atoms with Crippen LogP contribution in [0.5, 0.6) is 0 Å². The summed E-state index contributed by atoms with van der Waals surface area (Å²) < 4.78 is 2.23. The molecule has 20 heavy (non-hydrogen) atoms. The smallest absolute Gasteiger partial charge is 0.106 e. The van der Waals surface area contributed by atoms with Gasteiger partial charge in [-0.2, -0.15) is 0 Å². The Labute approximate surface area is 123 Å². The predicted molar refractivity (Wildman–Crippen MR) is 84.4 cm³/mol. The van der Waals surface area contributed by atoms with E-state index in [1.54, 1.807) is 0 Å². The molecule has 1 heterocycles. The van der Waals surface area contributed by atoms with Gasteiger partial charge in [-0.1, -0.05) is 23.7 Å². The number of aryl methyl sites for hydroxylation is 1. The van der Waals surface area contributed by atoms with Crippen molar-refractivity contribution in [2.75, 3.05) is 11.9 Å². The molecule has 0 unspecified atom stereocenters. The molecule has 0 radical (unpaired) electrons. The van der Waals surface area contributed by atoms with Crippen molar-refractivity contribution in [1.82, 2.24) is 9.55 Å².